The summed E-state index contributed by atoms with van der Waals surface area (Å²) in [7, 11) is 1.49. The SMILES string of the molecule is COCCN1C(=O)C(=O)/C(=C(\O)c2ccc(Cl)c(Cl)c2)C1c1ccco1. The van der Waals surface area contributed by atoms with Crippen LogP contribution in [0.3, 0.4) is 0 Å². The number of rotatable bonds is 5. The van der Waals surface area contributed by atoms with E-state index in [1.165, 1.54) is 36.5 Å². The molecule has 2 aromatic rings. The highest BCUT2D eigenvalue weighted by Crippen LogP contribution is 2.40. The number of Topliss-reactive ketones (excluding diaryl/α,β-unsaturated/α-hetero) is 1. The van der Waals surface area contributed by atoms with Crippen molar-refractivity contribution in [1.29, 1.82) is 0 Å². The number of carbonyl (C=O) groups is 2. The number of nitrogens with zero attached hydrogens (tertiary/aromatic N) is 1. The third kappa shape index (κ3) is 3.23. The van der Waals surface area contributed by atoms with Crippen molar-refractivity contribution in [3.63, 3.8) is 0 Å². The maximum atomic E-state index is 12.6. The largest absolute Gasteiger partial charge is 0.507 e. The lowest BCUT2D eigenvalue weighted by molar-refractivity contribution is -0.140. The summed E-state index contributed by atoms with van der Waals surface area (Å²) in [5.74, 6) is -1.51. The van der Waals surface area contributed by atoms with E-state index in [0.717, 1.165) is 0 Å². The van der Waals surface area contributed by atoms with E-state index in [1.54, 1.807) is 12.1 Å². The summed E-state index contributed by atoms with van der Waals surface area (Å²) in [4.78, 5) is 26.4. The van der Waals surface area contributed by atoms with Gasteiger partial charge in [-0.3, -0.25) is 9.59 Å². The number of likely N-dealkylation sites (tertiary alicyclic amines) is 1. The van der Waals surface area contributed by atoms with Gasteiger partial charge in [-0.05, 0) is 30.3 Å². The number of halogens is 2. The summed E-state index contributed by atoms with van der Waals surface area (Å²) < 4.78 is 10.4. The van der Waals surface area contributed by atoms with Crippen molar-refractivity contribution in [2.45, 2.75) is 6.04 Å². The van der Waals surface area contributed by atoms with Crippen molar-refractivity contribution in [3.05, 3.63) is 63.5 Å². The number of carbonyl (C=O) groups excluding carboxylic acids is 2. The Balaban J connectivity index is 2.14. The summed E-state index contributed by atoms with van der Waals surface area (Å²) >= 11 is 11.9. The molecule has 1 aromatic carbocycles. The van der Waals surface area contributed by atoms with Gasteiger partial charge in [0.05, 0.1) is 28.5 Å². The molecule has 26 heavy (non-hydrogen) atoms. The maximum absolute atomic E-state index is 12.6. The molecule has 0 aliphatic carbocycles. The molecule has 1 saturated heterocycles. The van der Waals surface area contributed by atoms with Gasteiger partial charge in [-0.2, -0.15) is 0 Å². The van der Waals surface area contributed by atoms with E-state index in [2.05, 4.69) is 0 Å². The fraction of sp³-hybridized carbons (Fsp3) is 0.222. The molecule has 1 amide bonds. The first-order chi connectivity index (χ1) is 12.5. The number of amides is 1. The molecule has 1 aliphatic rings. The van der Waals surface area contributed by atoms with E-state index in [1.807, 2.05) is 0 Å². The van der Waals surface area contributed by atoms with E-state index in [9.17, 15) is 14.7 Å². The van der Waals surface area contributed by atoms with Crippen LogP contribution in [-0.2, 0) is 14.3 Å². The number of benzene rings is 1. The molecular weight excluding hydrogens is 381 g/mol. The van der Waals surface area contributed by atoms with Crippen LogP contribution in [0.5, 0.6) is 0 Å². The lowest BCUT2D eigenvalue weighted by Crippen LogP contribution is -2.32. The van der Waals surface area contributed by atoms with E-state index in [0.29, 0.717) is 10.8 Å². The smallest absolute Gasteiger partial charge is 0.295 e. The molecule has 0 spiro atoms. The van der Waals surface area contributed by atoms with Gasteiger partial charge in [0.15, 0.2) is 0 Å². The zero-order chi connectivity index (χ0) is 18.8. The Morgan fingerprint density at radius 3 is 2.65 bits per heavy atom. The summed E-state index contributed by atoms with van der Waals surface area (Å²) in [5, 5.41) is 11.3. The lowest BCUT2D eigenvalue weighted by Gasteiger charge is -2.22. The molecule has 0 saturated carbocycles. The number of ether oxygens (including phenoxy) is 1. The number of hydrogen-bond donors (Lipinski definition) is 1. The number of aliphatic hydroxyl groups excluding tert-OH is 1. The van der Waals surface area contributed by atoms with Crippen LogP contribution in [0, 0.1) is 0 Å². The molecule has 0 radical (unpaired) electrons. The minimum Gasteiger partial charge on any atom is -0.507 e. The van der Waals surface area contributed by atoms with Crippen LogP contribution >= 0.6 is 23.2 Å². The van der Waals surface area contributed by atoms with Crippen molar-refractivity contribution < 1.29 is 23.8 Å². The van der Waals surface area contributed by atoms with E-state index >= 15 is 0 Å². The Hall–Kier alpha value is -2.28. The van der Waals surface area contributed by atoms with Gasteiger partial charge < -0.3 is 19.2 Å². The molecule has 1 unspecified atom stereocenters. The summed E-state index contributed by atoms with van der Waals surface area (Å²) in [6, 6.07) is 6.88. The van der Waals surface area contributed by atoms with Crippen molar-refractivity contribution >= 4 is 40.7 Å². The highest BCUT2D eigenvalue weighted by Gasteiger charge is 2.47. The predicted molar refractivity (Wildman–Crippen MR) is 96.1 cm³/mol. The Bertz CT molecular complexity index is 876. The van der Waals surface area contributed by atoms with Crippen molar-refractivity contribution in [1.82, 2.24) is 4.90 Å². The highest BCUT2D eigenvalue weighted by atomic mass is 35.5. The monoisotopic (exact) mass is 395 g/mol. The number of furan rings is 1. The molecule has 2 heterocycles. The summed E-state index contributed by atoms with van der Waals surface area (Å²) in [5.41, 5.74) is 0.208. The van der Waals surface area contributed by atoms with Gasteiger partial charge in [0, 0.05) is 19.2 Å². The van der Waals surface area contributed by atoms with Crippen LogP contribution in [-0.4, -0.2) is 42.0 Å². The Kier molecular flexibility index (Phi) is 5.36. The van der Waals surface area contributed by atoms with Crippen LogP contribution in [0.1, 0.15) is 17.4 Å². The van der Waals surface area contributed by atoms with Gasteiger partial charge in [-0.25, -0.2) is 0 Å². The molecule has 3 rings (SSSR count). The summed E-state index contributed by atoms with van der Waals surface area (Å²) in [6.07, 6.45) is 1.44. The minimum absolute atomic E-state index is 0.0700. The zero-order valence-corrected chi connectivity index (χ0v) is 15.3. The standard InChI is InChI=1S/C18H15Cl2NO5/c1-25-8-6-21-15(13-3-2-7-26-13)14(17(23)18(21)24)16(22)10-4-5-11(19)12(20)9-10/h2-5,7,9,15,22H,6,8H2,1H3/b16-14-. The van der Waals surface area contributed by atoms with Crippen LogP contribution in [0.2, 0.25) is 10.0 Å². The number of hydrogen-bond acceptors (Lipinski definition) is 5. The second-order valence-electron chi connectivity index (χ2n) is 5.63. The number of ketones is 1. The quantitative estimate of drug-likeness (QED) is 0.474. The molecule has 8 heteroatoms. The van der Waals surface area contributed by atoms with Crippen molar-refractivity contribution in [2.24, 2.45) is 0 Å². The molecule has 136 valence electrons. The van der Waals surface area contributed by atoms with Gasteiger partial charge in [0.25, 0.3) is 11.7 Å². The molecule has 1 fully saturated rings. The normalized spacial score (nSPS) is 19.3. The zero-order valence-electron chi connectivity index (χ0n) is 13.7. The topological polar surface area (TPSA) is 80.0 Å². The lowest BCUT2D eigenvalue weighted by atomic mass is 9.99. The van der Waals surface area contributed by atoms with E-state index in [-0.39, 0.29) is 35.1 Å². The third-order valence-corrected chi connectivity index (χ3v) is 4.82. The molecule has 1 aliphatic heterocycles. The predicted octanol–water partition coefficient (Wildman–Crippen LogP) is 3.65. The molecule has 1 atom stereocenters. The maximum Gasteiger partial charge on any atom is 0.295 e. The first-order valence-electron chi connectivity index (χ1n) is 7.72. The molecule has 6 nitrogen and oxygen atoms in total. The van der Waals surface area contributed by atoms with Crippen LogP contribution in [0.25, 0.3) is 5.76 Å². The van der Waals surface area contributed by atoms with Gasteiger partial charge in [-0.15, -0.1) is 0 Å². The van der Waals surface area contributed by atoms with Crippen LogP contribution < -0.4 is 0 Å². The minimum atomic E-state index is -0.852. The molecule has 1 N–H and O–H groups in total. The Morgan fingerprint density at radius 1 is 1.27 bits per heavy atom. The second-order valence-corrected chi connectivity index (χ2v) is 6.44. The Morgan fingerprint density at radius 2 is 2.04 bits per heavy atom. The average Bonchev–Trinajstić information content (AvgIpc) is 3.23. The van der Waals surface area contributed by atoms with Gasteiger partial charge in [0.1, 0.15) is 17.6 Å². The molecular formula is C18H15Cl2NO5. The van der Waals surface area contributed by atoms with Gasteiger partial charge in [0.2, 0.25) is 0 Å². The molecule has 1 aromatic heterocycles. The van der Waals surface area contributed by atoms with E-state index < -0.39 is 17.7 Å². The van der Waals surface area contributed by atoms with Crippen LogP contribution in [0.15, 0.2) is 46.6 Å². The second kappa shape index (κ2) is 7.53. The van der Waals surface area contributed by atoms with Crippen molar-refractivity contribution in [2.75, 3.05) is 20.3 Å². The van der Waals surface area contributed by atoms with Gasteiger partial charge in [-0.1, -0.05) is 23.2 Å². The summed E-state index contributed by atoms with van der Waals surface area (Å²) in [6.45, 7) is 0.404. The van der Waals surface area contributed by atoms with Crippen LogP contribution in [0.4, 0.5) is 0 Å². The fourth-order valence-corrected chi connectivity index (χ4v) is 3.14. The Labute approximate surface area is 159 Å². The average molecular weight is 396 g/mol. The first-order valence-corrected chi connectivity index (χ1v) is 8.47. The number of methoxy groups -OCH3 is 1. The van der Waals surface area contributed by atoms with Crippen molar-refractivity contribution in [3.8, 4) is 0 Å². The third-order valence-electron chi connectivity index (χ3n) is 4.08. The fourth-order valence-electron chi connectivity index (χ4n) is 2.84. The first kappa shape index (κ1) is 18.5. The highest BCUT2D eigenvalue weighted by molar-refractivity contribution is 6.46. The van der Waals surface area contributed by atoms with E-state index in [4.69, 9.17) is 32.4 Å². The molecule has 0 bridgehead atoms. The van der Waals surface area contributed by atoms with Gasteiger partial charge >= 0.3 is 0 Å². The number of aliphatic hydroxyl groups is 1.